The number of benzene rings is 1. The first kappa shape index (κ1) is 9.42. The quantitative estimate of drug-likeness (QED) is 0.699. The summed E-state index contributed by atoms with van der Waals surface area (Å²) < 4.78 is 1.97. The van der Waals surface area contributed by atoms with Gasteiger partial charge in [0.2, 0.25) is 0 Å². The van der Waals surface area contributed by atoms with Crippen LogP contribution >= 0.6 is 0 Å². The molecule has 4 nitrogen and oxygen atoms in total. The molecule has 1 aliphatic rings. The Hall–Kier alpha value is -1.81. The highest BCUT2D eigenvalue weighted by atomic mass is 15.3. The van der Waals surface area contributed by atoms with Crippen molar-refractivity contribution in [2.24, 2.45) is 0 Å². The Morgan fingerprint density at radius 2 is 2.31 bits per heavy atom. The molecular weight excluding hydrogens is 200 g/mol. The highest BCUT2D eigenvalue weighted by Crippen LogP contribution is 2.19. The Morgan fingerprint density at radius 3 is 3.19 bits per heavy atom. The number of fused-ring (bicyclic) bond motifs is 1. The van der Waals surface area contributed by atoms with E-state index in [0.717, 1.165) is 30.9 Å². The van der Waals surface area contributed by atoms with E-state index in [1.54, 1.807) is 0 Å². The molecule has 16 heavy (non-hydrogen) atoms. The molecule has 0 unspecified atom stereocenters. The topological polar surface area (TPSA) is 55.9 Å². The molecule has 3 N–H and O–H groups in total. The number of nitrogens with two attached hydrogens (primary N) is 1. The van der Waals surface area contributed by atoms with Crippen molar-refractivity contribution in [3.05, 3.63) is 41.7 Å². The van der Waals surface area contributed by atoms with Gasteiger partial charge in [-0.2, -0.15) is 5.10 Å². The molecule has 0 spiro atoms. The summed E-state index contributed by atoms with van der Waals surface area (Å²) in [6.07, 6.45) is 3.01. The maximum Gasteiger partial charge on any atom is 0.0669 e. The van der Waals surface area contributed by atoms with Gasteiger partial charge in [0.25, 0.3) is 0 Å². The molecule has 0 aliphatic carbocycles. The first-order valence-corrected chi connectivity index (χ1v) is 5.47. The van der Waals surface area contributed by atoms with Crippen molar-refractivity contribution >= 4 is 5.69 Å². The summed E-state index contributed by atoms with van der Waals surface area (Å²) in [6, 6.07) is 7.81. The van der Waals surface area contributed by atoms with E-state index in [9.17, 15) is 0 Å². The molecule has 0 bridgehead atoms. The minimum absolute atomic E-state index is 0.769. The number of aromatic nitrogens is 2. The second kappa shape index (κ2) is 3.64. The molecule has 1 aromatic carbocycles. The minimum atomic E-state index is 0.769. The predicted molar refractivity (Wildman–Crippen MR) is 63.4 cm³/mol. The zero-order valence-corrected chi connectivity index (χ0v) is 8.98. The average Bonchev–Trinajstić information content (AvgIpc) is 2.72. The summed E-state index contributed by atoms with van der Waals surface area (Å²) in [7, 11) is 0. The highest BCUT2D eigenvalue weighted by molar-refractivity contribution is 5.48. The third-order valence-corrected chi connectivity index (χ3v) is 2.93. The van der Waals surface area contributed by atoms with Gasteiger partial charge in [-0.15, -0.1) is 0 Å². The smallest absolute Gasteiger partial charge is 0.0669 e. The Labute approximate surface area is 94.1 Å². The molecule has 2 heterocycles. The number of nitrogen functional groups attached to an aromatic ring is 1. The van der Waals surface area contributed by atoms with Crippen LogP contribution in [0.5, 0.6) is 0 Å². The molecule has 0 fully saturated rings. The summed E-state index contributed by atoms with van der Waals surface area (Å²) in [5.74, 6) is 0. The third kappa shape index (κ3) is 1.47. The lowest BCUT2D eigenvalue weighted by Gasteiger charge is -2.15. The SMILES string of the molecule is Nc1cccc(-n2ncc3c2CNCC3)c1. The van der Waals surface area contributed by atoms with Crippen molar-refractivity contribution in [2.75, 3.05) is 12.3 Å². The summed E-state index contributed by atoms with van der Waals surface area (Å²) in [5.41, 5.74) is 10.2. The molecule has 1 aliphatic heterocycles. The van der Waals surface area contributed by atoms with Crippen LogP contribution in [0.25, 0.3) is 5.69 Å². The van der Waals surface area contributed by atoms with Crippen molar-refractivity contribution in [1.82, 2.24) is 15.1 Å². The van der Waals surface area contributed by atoms with E-state index in [-0.39, 0.29) is 0 Å². The fraction of sp³-hybridized carbons (Fsp3) is 0.250. The molecule has 0 amide bonds. The Kier molecular flexibility index (Phi) is 2.15. The lowest BCUT2D eigenvalue weighted by atomic mass is 10.1. The van der Waals surface area contributed by atoms with Crippen molar-refractivity contribution < 1.29 is 0 Å². The molecule has 2 aromatic rings. The highest BCUT2D eigenvalue weighted by Gasteiger charge is 2.15. The zero-order chi connectivity index (χ0) is 11.0. The molecule has 0 atom stereocenters. The van der Waals surface area contributed by atoms with Crippen LogP contribution in [0, 0.1) is 0 Å². The van der Waals surface area contributed by atoms with Crippen LogP contribution in [0.1, 0.15) is 11.3 Å². The zero-order valence-electron chi connectivity index (χ0n) is 8.98. The Morgan fingerprint density at radius 1 is 1.38 bits per heavy atom. The van der Waals surface area contributed by atoms with Gasteiger partial charge in [0, 0.05) is 12.2 Å². The van der Waals surface area contributed by atoms with Gasteiger partial charge in [-0.1, -0.05) is 6.07 Å². The fourth-order valence-electron chi connectivity index (χ4n) is 2.11. The monoisotopic (exact) mass is 214 g/mol. The van der Waals surface area contributed by atoms with E-state index in [4.69, 9.17) is 5.73 Å². The van der Waals surface area contributed by atoms with E-state index >= 15 is 0 Å². The van der Waals surface area contributed by atoms with Crippen LogP contribution in [-0.4, -0.2) is 16.3 Å². The first-order valence-electron chi connectivity index (χ1n) is 5.47. The fourth-order valence-corrected chi connectivity index (χ4v) is 2.11. The van der Waals surface area contributed by atoms with Gasteiger partial charge >= 0.3 is 0 Å². The number of nitrogens with zero attached hydrogens (tertiary/aromatic N) is 2. The molecule has 0 radical (unpaired) electrons. The number of hydrogen-bond acceptors (Lipinski definition) is 3. The molecule has 82 valence electrons. The minimum Gasteiger partial charge on any atom is -0.399 e. The average molecular weight is 214 g/mol. The molecule has 0 saturated heterocycles. The first-order chi connectivity index (χ1) is 7.84. The summed E-state index contributed by atoms with van der Waals surface area (Å²) in [6.45, 7) is 1.92. The largest absolute Gasteiger partial charge is 0.399 e. The van der Waals surface area contributed by atoms with Crippen LogP contribution in [0.4, 0.5) is 5.69 Å². The van der Waals surface area contributed by atoms with E-state index in [0.29, 0.717) is 0 Å². The van der Waals surface area contributed by atoms with E-state index in [2.05, 4.69) is 10.4 Å². The maximum atomic E-state index is 5.78. The molecule has 3 rings (SSSR count). The van der Waals surface area contributed by atoms with Crippen LogP contribution in [0.15, 0.2) is 30.5 Å². The third-order valence-electron chi connectivity index (χ3n) is 2.93. The van der Waals surface area contributed by atoms with Crippen LogP contribution in [0.3, 0.4) is 0 Å². The normalized spacial score (nSPS) is 14.8. The molecular formula is C12H14N4. The Balaban J connectivity index is 2.09. The van der Waals surface area contributed by atoms with Gasteiger partial charge in [-0.25, -0.2) is 4.68 Å². The lowest BCUT2D eigenvalue weighted by Crippen LogP contribution is -2.24. The van der Waals surface area contributed by atoms with Crippen molar-refractivity contribution in [2.45, 2.75) is 13.0 Å². The number of nitrogens with one attached hydrogen (secondary N) is 1. The van der Waals surface area contributed by atoms with Crippen molar-refractivity contribution in [3.8, 4) is 5.69 Å². The number of hydrogen-bond donors (Lipinski definition) is 2. The van der Waals surface area contributed by atoms with Crippen LogP contribution in [-0.2, 0) is 13.0 Å². The van der Waals surface area contributed by atoms with Crippen LogP contribution < -0.4 is 11.1 Å². The van der Waals surface area contributed by atoms with Crippen LogP contribution in [0.2, 0.25) is 0 Å². The number of rotatable bonds is 1. The van der Waals surface area contributed by atoms with E-state index in [1.807, 2.05) is 35.1 Å². The summed E-state index contributed by atoms with van der Waals surface area (Å²) in [4.78, 5) is 0. The second-order valence-corrected chi connectivity index (χ2v) is 4.05. The molecule has 1 aromatic heterocycles. The van der Waals surface area contributed by atoms with Gasteiger partial charge in [0.15, 0.2) is 0 Å². The Bertz CT molecular complexity index is 515. The summed E-state index contributed by atoms with van der Waals surface area (Å²) in [5, 5.41) is 7.79. The summed E-state index contributed by atoms with van der Waals surface area (Å²) >= 11 is 0. The van der Waals surface area contributed by atoms with Gasteiger partial charge in [-0.05, 0) is 36.7 Å². The van der Waals surface area contributed by atoms with E-state index < -0.39 is 0 Å². The van der Waals surface area contributed by atoms with Gasteiger partial charge in [-0.3, -0.25) is 0 Å². The van der Waals surface area contributed by atoms with E-state index in [1.165, 1.54) is 11.3 Å². The maximum absolute atomic E-state index is 5.78. The van der Waals surface area contributed by atoms with Gasteiger partial charge in [0.1, 0.15) is 0 Å². The van der Waals surface area contributed by atoms with Gasteiger partial charge < -0.3 is 11.1 Å². The molecule has 4 heteroatoms. The second-order valence-electron chi connectivity index (χ2n) is 4.05. The molecule has 0 saturated carbocycles. The lowest BCUT2D eigenvalue weighted by molar-refractivity contribution is 0.614. The van der Waals surface area contributed by atoms with Gasteiger partial charge in [0.05, 0.1) is 17.6 Å². The number of anilines is 1. The predicted octanol–water partition coefficient (Wildman–Crippen LogP) is 1.10. The van der Waals surface area contributed by atoms with Crippen molar-refractivity contribution in [1.29, 1.82) is 0 Å². The standard InChI is InChI=1S/C12H14N4/c13-10-2-1-3-11(6-10)16-12-8-14-5-4-9(12)7-15-16/h1-3,6-7,14H,4-5,8,13H2. The van der Waals surface area contributed by atoms with Crippen molar-refractivity contribution in [3.63, 3.8) is 0 Å².